The number of hydrogen-bond donors (Lipinski definition) is 1. The van der Waals surface area contributed by atoms with Gasteiger partial charge in [0.2, 0.25) is 0 Å². The smallest absolute Gasteiger partial charge is 0.119 e. The van der Waals surface area contributed by atoms with Crippen LogP contribution in [0.2, 0.25) is 0 Å². The largest absolute Gasteiger partial charge is 0.497 e. The zero-order valence-electron chi connectivity index (χ0n) is 17.3. The van der Waals surface area contributed by atoms with Crippen molar-refractivity contribution in [2.75, 3.05) is 40.5 Å². The molecule has 158 valence electrons. The molecule has 1 saturated heterocycles. The summed E-state index contributed by atoms with van der Waals surface area (Å²) in [6, 6.07) is 15.4. The van der Waals surface area contributed by atoms with Crippen molar-refractivity contribution in [1.82, 2.24) is 4.90 Å². The van der Waals surface area contributed by atoms with Gasteiger partial charge in [0.15, 0.2) is 0 Å². The van der Waals surface area contributed by atoms with Gasteiger partial charge >= 0.3 is 0 Å². The summed E-state index contributed by atoms with van der Waals surface area (Å²) in [4.78, 5) is 2.23. The Hall–Kier alpha value is -2.28. The summed E-state index contributed by atoms with van der Waals surface area (Å²) >= 11 is 0. The van der Waals surface area contributed by atoms with Crippen LogP contribution in [0, 0.1) is 0 Å². The molecule has 29 heavy (non-hydrogen) atoms. The van der Waals surface area contributed by atoms with Gasteiger partial charge in [0, 0.05) is 26.2 Å². The number of ether oxygens (including phenoxy) is 4. The average Bonchev–Trinajstić information content (AvgIpc) is 3.25. The van der Waals surface area contributed by atoms with Gasteiger partial charge in [-0.25, -0.2) is 0 Å². The Kier molecular flexibility index (Phi) is 8.16. The van der Waals surface area contributed by atoms with E-state index in [0.29, 0.717) is 12.3 Å². The lowest BCUT2D eigenvalue weighted by Gasteiger charge is -2.27. The quantitative estimate of drug-likeness (QED) is 0.624. The first kappa shape index (κ1) is 21.4. The highest BCUT2D eigenvalue weighted by molar-refractivity contribution is 5.31. The Bertz CT molecular complexity index is 730. The molecule has 0 bridgehead atoms. The lowest BCUT2D eigenvalue weighted by atomic mass is 10.1. The van der Waals surface area contributed by atoms with Crippen molar-refractivity contribution < 1.29 is 24.1 Å². The molecule has 0 amide bonds. The molecular formula is C23H31NO5. The maximum atomic E-state index is 10.6. The highest BCUT2D eigenvalue weighted by atomic mass is 16.5. The van der Waals surface area contributed by atoms with Gasteiger partial charge in [0.25, 0.3) is 0 Å². The van der Waals surface area contributed by atoms with E-state index in [9.17, 15) is 5.11 Å². The Balaban J connectivity index is 1.56. The number of aliphatic hydroxyl groups is 1. The summed E-state index contributed by atoms with van der Waals surface area (Å²) < 4.78 is 22.0. The molecule has 1 aliphatic heterocycles. The van der Waals surface area contributed by atoms with E-state index in [4.69, 9.17) is 18.9 Å². The Morgan fingerprint density at radius 2 is 1.83 bits per heavy atom. The number of methoxy groups -OCH3 is 2. The highest BCUT2D eigenvalue weighted by Crippen LogP contribution is 2.19. The molecule has 0 aliphatic carbocycles. The summed E-state index contributed by atoms with van der Waals surface area (Å²) in [5.41, 5.74) is 1.14. The van der Waals surface area contributed by atoms with Crippen LogP contribution in [0.1, 0.15) is 18.4 Å². The molecule has 0 unspecified atom stereocenters. The Morgan fingerprint density at radius 3 is 2.52 bits per heavy atom. The summed E-state index contributed by atoms with van der Waals surface area (Å²) in [6.45, 7) is 3.06. The van der Waals surface area contributed by atoms with E-state index < -0.39 is 6.10 Å². The minimum Gasteiger partial charge on any atom is -0.497 e. The van der Waals surface area contributed by atoms with Crippen molar-refractivity contribution in [3.8, 4) is 17.2 Å². The van der Waals surface area contributed by atoms with Crippen LogP contribution < -0.4 is 14.2 Å². The van der Waals surface area contributed by atoms with E-state index >= 15 is 0 Å². The van der Waals surface area contributed by atoms with Crippen molar-refractivity contribution in [3.05, 3.63) is 54.1 Å². The zero-order chi connectivity index (χ0) is 20.5. The molecule has 1 N–H and O–H groups in total. The third-order valence-corrected chi connectivity index (χ3v) is 5.00. The first-order valence-electron chi connectivity index (χ1n) is 10.1. The van der Waals surface area contributed by atoms with Crippen molar-refractivity contribution >= 4 is 0 Å². The maximum Gasteiger partial charge on any atom is 0.119 e. The summed E-state index contributed by atoms with van der Waals surface area (Å²) in [5, 5.41) is 10.6. The van der Waals surface area contributed by atoms with Gasteiger partial charge in [0.05, 0.1) is 20.3 Å². The van der Waals surface area contributed by atoms with E-state index in [2.05, 4.69) is 11.0 Å². The molecule has 1 fully saturated rings. The van der Waals surface area contributed by atoms with E-state index in [1.807, 2.05) is 42.5 Å². The van der Waals surface area contributed by atoms with E-state index in [1.165, 1.54) is 0 Å². The average molecular weight is 402 g/mol. The molecule has 2 aromatic carbocycles. The molecule has 0 saturated carbocycles. The second-order valence-electron chi connectivity index (χ2n) is 7.32. The third kappa shape index (κ3) is 6.92. The minimum absolute atomic E-state index is 0.218. The molecule has 2 aromatic rings. The number of aliphatic hydroxyl groups excluding tert-OH is 1. The first-order valence-corrected chi connectivity index (χ1v) is 10.1. The predicted molar refractivity (Wildman–Crippen MR) is 112 cm³/mol. The van der Waals surface area contributed by atoms with Gasteiger partial charge in [-0.15, -0.1) is 0 Å². The molecule has 1 heterocycles. The Labute approximate surface area is 173 Å². The predicted octanol–water partition coefficient (Wildman–Crippen LogP) is 3.12. The minimum atomic E-state index is -0.607. The summed E-state index contributed by atoms with van der Waals surface area (Å²) in [6.07, 6.45) is 1.77. The normalized spacial score (nSPS) is 17.3. The number of hydrogen-bond acceptors (Lipinski definition) is 6. The molecule has 3 rings (SSSR count). The van der Waals surface area contributed by atoms with E-state index in [0.717, 1.165) is 49.6 Å². The molecule has 0 radical (unpaired) electrons. The fourth-order valence-corrected chi connectivity index (χ4v) is 3.52. The van der Waals surface area contributed by atoms with Crippen molar-refractivity contribution in [2.24, 2.45) is 0 Å². The fraction of sp³-hybridized carbons (Fsp3) is 0.478. The van der Waals surface area contributed by atoms with Crippen LogP contribution in [-0.4, -0.2) is 62.7 Å². The van der Waals surface area contributed by atoms with Gasteiger partial charge < -0.3 is 24.1 Å². The summed E-state index contributed by atoms with van der Waals surface area (Å²) in [5.74, 6) is 2.32. The van der Waals surface area contributed by atoms with E-state index in [-0.39, 0.29) is 12.7 Å². The molecule has 6 nitrogen and oxygen atoms in total. The van der Waals surface area contributed by atoms with Crippen LogP contribution in [0.15, 0.2) is 48.5 Å². The SMILES string of the molecule is COc1ccc(OC[C@H](O)CN(Cc2cccc(OC)c2)C[C@@H]2CCCO2)cc1. The van der Waals surface area contributed by atoms with E-state index in [1.54, 1.807) is 14.2 Å². The lowest BCUT2D eigenvalue weighted by molar-refractivity contribution is 0.0313. The van der Waals surface area contributed by atoms with Crippen molar-refractivity contribution in [1.29, 1.82) is 0 Å². The van der Waals surface area contributed by atoms with Crippen molar-refractivity contribution in [3.63, 3.8) is 0 Å². The molecule has 0 spiro atoms. The zero-order valence-corrected chi connectivity index (χ0v) is 17.3. The lowest BCUT2D eigenvalue weighted by Crippen LogP contribution is -2.39. The molecule has 2 atom stereocenters. The topological polar surface area (TPSA) is 60.4 Å². The molecule has 1 aliphatic rings. The van der Waals surface area contributed by atoms with Crippen LogP contribution in [0.25, 0.3) is 0 Å². The first-order chi connectivity index (χ1) is 14.2. The van der Waals surface area contributed by atoms with Crippen LogP contribution in [0.3, 0.4) is 0 Å². The third-order valence-electron chi connectivity index (χ3n) is 5.00. The second kappa shape index (κ2) is 11.0. The van der Waals surface area contributed by atoms with Gasteiger partial charge in [-0.3, -0.25) is 4.90 Å². The van der Waals surface area contributed by atoms with Crippen LogP contribution in [-0.2, 0) is 11.3 Å². The number of rotatable bonds is 11. The number of benzene rings is 2. The van der Waals surface area contributed by atoms with Crippen LogP contribution in [0.5, 0.6) is 17.2 Å². The number of nitrogens with zero attached hydrogens (tertiary/aromatic N) is 1. The van der Waals surface area contributed by atoms with Crippen molar-refractivity contribution in [2.45, 2.75) is 31.6 Å². The molecule has 0 aromatic heterocycles. The standard InChI is InChI=1S/C23H31NO5/c1-26-20-8-10-21(11-9-20)29-17-19(25)15-24(16-23-7-4-12-28-23)14-18-5-3-6-22(13-18)27-2/h3,5-6,8-11,13,19,23,25H,4,7,12,14-17H2,1-2H3/t19-,23+/m1/s1. The Morgan fingerprint density at radius 1 is 1.07 bits per heavy atom. The second-order valence-corrected chi connectivity index (χ2v) is 7.32. The van der Waals surface area contributed by atoms with Crippen LogP contribution >= 0.6 is 0 Å². The van der Waals surface area contributed by atoms with Crippen LogP contribution in [0.4, 0.5) is 0 Å². The monoisotopic (exact) mass is 401 g/mol. The molecule has 6 heteroatoms. The fourth-order valence-electron chi connectivity index (χ4n) is 3.52. The maximum absolute atomic E-state index is 10.6. The van der Waals surface area contributed by atoms with Gasteiger partial charge in [-0.2, -0.15) is 0 Å². The van der Waals surface area contributed by atoms with Gasteiger partial charge in [0.1, 0.15) is 30.0 Å². The molecular weight excluding hydrogens is 370 g/mol. The summed E-state index contributed by atoms with van der Waals surface area (Å²) in [7, 11) is 3.30. The highest BCUT2D eigenvalue weighted by Gasteiger charge is 2.21. The van der Waals surface area contributed by atoms with Gasteiger partial charge in [-0.1, -0.05) is 12.1 Å². The van der Waals surface area contributed by atoms with Gasteiger partial charge in [-0.05, 0) is 54.8 Å².